The highest BCUT2D eigenvalue weighted by atomic mass is 16.1. The SMILES string of the molecule is CC(C)(C)c1ccc(C2(C#N)CCC(=O)CC2)cc1. The maximum atomic E-state index is 11.4. The molecule has 1 aliphatic carbocycles. The van der Waals surface area contributed by atoms with E-state index < -0.39 is 5.41 Å². The summed E-state index contributed by atoms with van der Waals surface area (Å²) in [7, 11) is 0. The lowest BCUT2D eigenvalue weighted by Gasteiger charge is -2.31. The van der Waals surface area contributed by atoms with E-state index in [1.54, 1.807) is 0 Å². The lowest BCUT2D eigenvalue weighted by Crippen LogP contribution is -2.30. The van der Waals surface area contributed by atoms with Crippen LogP contribution in [0.15, 0.2) is 24.3 Å². The highest BCUT2D eigenvalue weighted by Gasteiger charge is 2.36. The largest absolute Gasteiger partial charge is 0.300 e. The van der Waals surface area contributed by atoms with Crippen LogP contribution in [0.4, 0.5) is 0 Å². The van der Waals surface area contributed by atoms with E-state index in [9.17, 15) is 10.1 Å². The monoisotopic (exact) mass is 255 g/mol. The smallest absolute Gasteiger partial charge is 0.133 e. The minimum absolute atomic E-state index is 0.126. The average Bonchev–Trinajstić information content (AvgIpc) is 2.39. The summed E-state index contributed by atoms with van der Waals surface area (Å²) >= 11 is 0. The van der Waals surface area contributed by atoms with Crippen LogP contribution in [-0.4, -0.2) is 5.78 Å². The van der Waals surface area contributed by atoms with Crippen molar-refractivity contribution in [1.29, 1.82) is 5.26 Å². The van der Waals surface area contributed by atoms with Gasteiger partial charge in [0.1, 0.15) is 5.78 Å². The number of benzene rings is 1. The van der Waals surface area contributed by atoms with E-state index in [0.717, 1.165) is 5.56 Å². The summed E-state index contributed by atoms with van der Waals surface area (Å²) in [4.78, 5) is 11.4. The highest BCUT2D eigenvalue weighted by molar-refractivity contribution is 5.80. The normalized spacial score (nSPS) is 18.9. The Labute approximate surface area is 115 Å². The molecule has 1 saturated carbocycles. The predicted octanol–water partition coefficient (Wildman–Crippen LogP) is 3.89. The molecule has 2 nitrogen and oxygen atoms in total. The minimum atomic E-state index is -0.454. The van der Waals surface area contributed by atoms with Gasteiger partial charge in [0.15, 0.2) is 0 Å². The molecule has 0 unspecified atom stereocenters. The Morgan fingerprint density at radius 2 is 1.63 bits per heavy atom. The third kappa shape index (κ3) is 2.71. The van der Waals surface area contributed by atoms with Crippen molar-refractivity contribution >= 4 is 5.78 Å². The van der Waals surface area contributed by atoms with Crippen LogP contribution in [0, 0.1) is 11.3 Å². The van der Waals surface area contributed by atoms with Gasteiger partial charge in [0, 0.05) is 12.8 Å². The Bertz CT molecular complexity index is 504. The first-order chi connectivity index (χ1) is 8.87. The number of hydrogen-bond acceptors (Lipinski definition) is 2. The van der Waals surface area contributed by atoms with E-state index in [0.29, 0.717) is 25.7 Å². The number of ketones is 1. The van der Waals surface area contributed by atoms with Gasteiger partial charge in [-0.15, -0.1) is 0 Å². The molecule has 0 atom stereocenters. The molecule has 0 N–H and O–H groups in total. The van der Waals surface area contributed by atoms with E-state index >= 15 is 0 Å². The summed E-state index contributed by atoms with van der Waals surface area (Å²) in [6, 6.07) is 10.8. The lowest BCUT2D eigenvalue weighted by atomic mass is 9.70. The molecular formula is C17H21NO. The standard InChI is InChI=1S/C17H21NO/c1-16(2,3)13-4-6-14(7-5-13)17(12-18)10-8-15(19)9-11-17/h4-7H,8-11H2,1-3H3. The lowest BCUT2D eigenvalue weighted by molar-refractivity contribution is -0.120. The van der Waals surface area contributed by atoms with Crippen molar-refractivity contribution in [3.8, 4) is 6.07 Å². The van der Waals surface area contributed by atoms with Crippen LogP contribution in [0.25, 0.3) is 0 Å². The van der Waals surface area contributed by atoms with Gasteiger partial charge in [-0.2, -0.15) is 5.26 Å². The first-order valence-electron chi connectivity index (χ1n) is 6.91. The van der Waals surface area contributed by atoms with Crippen LogP contribution >= 0.6 is 0 Å². The van der Waals surface area contributed by atoms with E-state index in [2.05, 4.69) is 51.1 Å². The second-order valence-electron chi connectivity index (χ2n) is 6.56. The van der Waals surface area contributed by atoms with Gasteiger partial charge in [-0.05, 0) is 29.4 Å². The van der Waals surface area contributed by atoms with Gasteiger partial charge in [0.05, 0.1) is 11.5 Å². The van der Waals surface area contributed by atoms with E-state index in [4.69, 9.17) is 0 Å². The maximum Gasteiger partial charge on any atom is 0.133 e. The van der Waals surface area contributed by atoms with Crippen LogP contribution in [0.3, 0.4) is 0 Å². The van der Waals surface area contributed by atoms with E-state index in [1.807, 2.05) is 0 Å². The Balaban J connectivity index is 2.30. The molecule has 0 heterocycles. The van der Waals surface area contributed by atoms with E-state index in [-0.39, 0.29) is 11.2 Å². The summed E-state index contributed by atoms with van der Waals surface area (Å²) in [5.41, 5.74) is 2.01. The molecule has 100 valence electrons. The molecule has 0 radical (unpaired) electrons. The molecule has 19 heavy (non-hydrogen) atoms. The number of carbonyl (C=O) groups is 1. The molecule has 2 rings (SSSR count). The highest BCUT2D eigenvalue weighted by Crippen LogP contribution is 2.38. The summed E-state index contributed by atoms with van der Waals surface area (Å²) in [6.07, 6.45) is 2.40. The quantitative estimate of drug-likeness (QED) is 0.764. The zero-order chi connectivity index (χ0) is 14.1. The molecule has 1 aromatic rings. The van der Waals surface area contributed by atoms with Crippen LogP contribution in [0.2, 0.25) is 0 Å². The molecule has 2 heteroatoms. The molecule has 0 saturated heterocycles. The Morgan fingerprint density at radius 3 is 2.05 bits per heavy atom. The summed E-state index contributed by atoms with van der Waals surface area (Å²) in [6.45, 7) is 6.55. The molecule has 1 fully saturated rings. The van der Waals surface area contributed by atoms with Crippen molar-refractivity contribution < 1.29 is 4.79 Å². The van der Waals surface area contributed by atoms with Gasteiger partial charge < -0.3 is 0 Å². The Morgan fingerprint density at radius 1 is 1.11 bits per heavy atom. The van der Waals surface area contributed by atoms with Crippen molar-refractivity contribution in [3.63, 3.8) is 0 Å². The maximum absolute atomic E-state index is 11.4. The van der Waals surface area contributed by atoms with Crippen molar-refractivity contribution in [2.45, 2.75) is 57.3 Å². The van der Waals surface area contributed by atoms with Crippen LogP contribution < -0.4 is 0 Å². The molecule has 0 bridgehead atoms. The Hall–Kier alpha value is -1.62. The molecule has 0 amide bonds. The number of rotatable bonds is 1. The van der Waals surface area contributed by atoms with Gasteiger partial charge in [-0.25, -0.2) is 0 Å². The van der Waals surface area contributed by atoms with E-state index in [1.165, 1.54) is 5.56 Å². The second-order valence-corrected chi connectivity index (χ2v) is 6.56. The van der Waals surface area contributed by atoms with Gasteiger partial charge in [0.25, 0.3) is 0 Å². The number of carbonyl (C=O) groups excluding carboxylic acids is 1. The van der Waals surface area contributed by atoms with Gasteiger partial charge in [-0.3, -0.25) is 4.79 Å². The predicted molar refractivity (Wildman–Crippen MR) is 75.9 cm³/mol. The first kappa shape index (κ1) is 13.8. The van der Waals surface area contributed by atoms with Crippen LogP contribution in [0.5, 0.6) is 0 Å². The van der Waals surface area contributed by atoms with Crippen LogP contribution in [0.1, 0.15) is 57.6 Å². The first-order valence-corrected chi connectivity index (χ1v) is 6.91. The fourth-order valence-corrected chi connectivity index (χ4v) is 2.71. The molecule has 1 aliphatic rings. The van der Waals surface area contributed by atoms with Gasteiger partial charge >= 0.3 is 0 Å². The summed E-state index contributed by atoms with van der Waals surface area (Å²) in [5, 5.41) is 9.55. The minimum Gasteiger partial charge on any atom is -0.300 e. The zero-order valence-electron chi connectivity index (χ0n) is 12.0. The topological polar surface area (TPSA) is 40.9 Å². The molecular weight excluding hydrogens is 234 g/mol. The number of nitrogens with zero attached hydrogens (tertiary/aromatic N) is 1. The Kier molecular flexibility index (Phi) is 3.49. The molecule has 0 aliphatic heterocycles. The molecule has 0 aromatic heterocycles. The summed E-state index contributed by atoms with van der Waals surface area (Å²) < 4.78 is 0. The third-order valence-corrected chi connectivity index (χ3v) is 4.18. The summed E-state index contributed by atoms with van der Waals surface area (Å²) in [5.74, 6) is 0.289. The number of nitriles is 1. The van der Waals surface area contributed by atoms with Gasteiger partial charge in [0.2, 0.25) is 0 Å². The second kappa shape index (κ2) is 4.81. The number of hydrogen-bond donors (Lipinski definition) is 0. The molecule has 0 spiro atoms. The fourth-order valence-electron chi connectivity index (χ4n) is 2.71. The molecule has 1 aromatic carbocycles. The van der Waals surface area contributed by atoms with Crippen molar-refractivity contribution in [1.82, 2.24) is 0 Å². The number of Topliss-reactive ketones (excluding diaryl/α,β-unsaturated/α-hetero) is 1. The van der Waals surface area contributed by atoms with Crippen LogP contribution in [-0.2, 0) is 15.6 Å². The zero-order valence-corrected chi connectivity index (χ0v) is 12.0. The average molecular weight is 255 g/mol. The van der Waals surface area contributed by atoms with Gasteiger partial charge in [-0.1, -0.05) is 45.0 Å². The van der Waals surface area contributed by atoms with Crippen molar-refractivity contribution in [2.24, 2.45) is 0 Å². The van der Waals surface area contributed by atoms with Crippen molar-refractivity contribution in [3.05, 3.63) is 35.4 Å². The third-order valence-electron chi connectivity index (χ3n) is 4.18. The fraction of sp³-hybridized carbons (Fsp3) is 0.529. The van der Waals surface area contributed by atoms with Crippen molar-refractivity contribution in [2.75, 3.05) is 0 Å².